The van der Waals surface area contributed by atoms with Crippen molar-refractivity contribution in [3.8, 4) is 0 Å². The maximum Gasteiger partial charge on any atom is 0.134 e. The molecule has 100 valence electrons. The molecule has 1 aliphatic carbocycles. The van der Waals surface area contributed by atoms with E-state index in [0.717, 1.165) is 48.8 Å². The van der Waals surface area contributed by atoms with E-state index in [-0.39, 0.29) is 0 Å². The Morgan fingerprint density at radius 1 is 1.17 bits per heavy atom. The molecule has 0 amide bonds. The monoisotopic (exact) mass is 250 g/mol. The third-order valence-corrected chi connectivity index (χ3v) is 3.47. The molecule has 0 spiro atoms. The van der Waals surface area contributed by atoms with Crippen molar-refractivity contribution >= 4 is 11.6 Å². The van der Waals surface area contributed by atoms with Crippen LogP contribution in [0, 0.1) is 13.8 Å². The molecule has 0 unspecified atom stereocenters. The second-order valence-electron chi connectivity index (χ2n) is 5.05. The van der Waals surface area contributed by atoms with Gasteiger partial charge in [0.2, 0.25) is 0 Å². The minimum atomic E-state index is -0.538. The number of aryl methyl sites for hydroxylation is 1. The molecule has 1 aliphatic rings. The van der Waals surface area contributed by atoms with Crippen LogP contribution in [0.4, 0.5) is 11.6 Å². The van der Waals surface area contributed by atoms with Crippen LogP contribution in [0.1, 0.15) is 37.6 Å². The van der Waals surface area contributed by atoms with Gasteiger partial charge in [0, 0.05) is 18.7 Å². The van der Waals surface area contributed by atoms with E-state index in [1.807, 2.05) is 20.8 Å². The Morgan fingerprint density at radius 2 is 1.78 bits per heavy atom. The minimum absolute atomic E-state index is 0.538. The normalized spacial score (nSPS) is 17.1. The molecule has 1 saturated carbocycles. The lowest BCUT2D eigenvalue weighted by molar-refractivity contribution is -0.0202. The molecule has 0 aromatic carbocycles. The van der Waals surface area contributed by atoms with Crippen molar-refractivity contribution < 1.29 is 5.11 Å². The highest BCUT2D eigenvalue weighted by molar-refractivity contribution is 5.57. The summed E-state index contributed by atoms with van der Waals surface area (Å²) in [7, 11) is 0. The van der Waals surface area contributed by atoms with Gasteiger partial charge >= 0.3 is 0 Å². The first-order valence-electron chi connectivity index (χ1n) is 6.59. The van der Waals surface area contributed by atoms with E-state index in [1.165, 1.54) is 0 Å². The van der Waals surface area contributed by atoms with Gasteiger partial charge in [-0.2, -0.15) is 0 Å². The Kier molecular flexibility index (Phi) is 3.71. The molecule has 3 N–H and O–H groups in total. The fourth-order valence-corrected chi connectivity index (χ4v) is 2.15. The van der Waals surface area contributed by atoms with Crippen LogP contribution in [0.15, 0.2) is 0 Å². The predicted molar refractivity (Wildman–Crippen MR) is 73.0 cm³/mol. The summed E-state index contributed by atoms with van der Waals surface area (Å²) < 4.78 is 0. The highest BCUT2D eigenvalue weighted by Gasteiger charge is 2.34. The highest BCUT2D eigenvalue weighted by atomic mass is 16.3. The summed E-state index contributed by atoms with van der Waals surface area (Å²) in [5, 5.41) is 16.6. The third-order valence-electron chi connectivity index (χ3n) is 3.47. The van der Waals surface area contributed by atoms with Crippen LogP contribution in [0.2, 0.25) is 0 Å². The number of aromatic nitrogens is 2. The number of nitrogens with one attached hydrogen (secondary N) is 2. The summed E-state index contributed by atoms with van der Waals surface area (Å²) in [6.45, 7) is 7.31. The maximum atomic E-state index is 10.1. The molecule has 0 saturated heterocycles. The molecule has 1 fully saturated rings. The van der Waals surface area contributed by atoms with Crippen LogP contribution in [0.3, 0.4) is 0 Å². The average Bonchev–Trinajstić information content (AvgIpc) is 2.29. The number of nitrogens with zero attached hydrogens (tertiary/aromatic N) is 2. The van der Waals surface area contributed by atoms with Gasteiger partial charge in [-0.3, -0.25) is 0 Å². The van der Waals surface area contributed by atoms with Gasteiger partial charge in [0.15, 0.2) is 0 Å². The summed E-state index contributed by atoms with van der Waals surface area (Å²) in [5.74, 6) is 2.42. The van der Waals surface area contributed by atoms with E-state index in [2.05, 4.69) is 20.6 Å². The zero-order valence-corrected chi connectivity index (χ0v) is 11.4. The largest absolute Gasteiger partial charge is 0.388 e. The van der Waals surface area contributed by atoms with E-state index in [0.29, 0.717) is 6.54 Å². The molecule has 0 radical (unpaired) electrons. The fraction of sp³-hybridized carbons (Fsp3) is 0.692. The topological polar surface area (TPSA) is 70.1 Å². The van der Waals surface area contributed by atoms with Gasteiger partial charge in [-0.25, -0.2) is 9.97 Å². The molecule has 1 aromatic rings. The Bertz CT molecular complexity index is 429. The van der Waals surface area contributed by atoms with E-state index >= 15 is 0 Å². The Morgan fingerprint density at radius 3 is 2.28 bits per heavy atom. The first kappa shape index (κ1) is 13.1. The predicted octanol–water partition coefficient (Wildman–Crippen LogP) is 1.85. The van der Waals surface area contributed by atoms with Crippen LogP contribution >= 0.6 is 0 Å². The lowest BCUT2D eigenvalue weighted by atomic mass is 9.80. The summed E-state index contributed by atoms with van der Waals surface area (Å²) in [5.41, 5.74) is 0.467. The Hall–Kier alpha value is -1.36. The highest BCUT2D eigenvalue weighted by Crippen LogP contribution is 2.32. The van der Waals surface area contributed by atoms with Crippen molar-refractivity contribution in [3.05, 3.63) is 11.4 Å². The number of rotatable bonds is 5. The van der Waals surface area contributed by atoms with Gasteiger partial charge in [-0.15, -0.1) is 0 Å². The lowest BCUT2D eigenvalue weighted by Crippen LogP contribution is -2.43. The van der Waals surface area contributed by atoms with Crippen LogP contribution in [-0.4, -0.2) is 33.8 Å². The molecule has 5 heteroatoms. The Balaban J connectivity index is 2.11. The third kappa shape index (κ3) is 2.72. The fourth-order valence-electron chi connectivity index (χ4n) is 2.15. The van der Waals surface area contributed by atoms with Crippen molar-refractivity contribution in [3.63, 3.8) is 0 Å². The average molecular weight is 250 g/mol. The van der Waals surface area contributed by atoms with Crippen LogP contribution in [0.5, 0.6) is 0 Å². The summed E-state index contributed by atoms with van der Waals surface area (Å²) >= 11 is 0. The summed E-state index contributed by atoms with van der Waals surface area (Å²) in [6, 6.07) is 0. The SMILES string of the molecule is CCNc1nc(C)nc(NCC2(O)CCC2)c1C. The zero-order valence-electron chi connectivity index (χ0n) is 11.4. The zero-order chi connectivity index (χ0) is 13.2. The van der Waals surface area contributed by atoms with Crippen LogP contribution < -0.4 is 10.6 Å². The van der Waals surface area contributed by atoms with E-state index in [9.17, 15) is 5.11 Å². The smallest absolute Gasteiger partial charge is 0.134 e. The first-order valence-corrected chi connectivity index (χ1v) is 6.59. The van der Waals surface area contributed by atoms with Gasteiger partial charge in [0.1, 0.15) is 17.5 Å². The number of hydrogen-bond acceptors (Lipinski definition) is 5. The number of aliphatic hydroxyl groups is 1. The molecule has 1 heterocycles. The number of anilines is 2. The lowest BCUT2D eigenvalue weighted by Gasteiger charge is -2.36. The molecular formula is C13H22N4O. The van der Waals surface area contributed by atoms with Crippen molar-refractivity contribution in [1.29, 1.82) is 0 Å². The molecule has 0 atom stereocenters. The van der Waals surface area contributed by atoms with Crippen molar-refractivity contribution in [2.45, 2.75) is 45.6 Å². The van der Waals surface area contributed by atoms with Gasteiger partial charge in [-0.1, -0.05) is 0 Å². The standard InChI is InChI=1S/C13H22N4O/c1-4-14-11-9(2)12(17-10(3)16-11)15-8-13(18)6-5-7-13/h18H,4-8H2,1-3H3,(H2,14,15,16,17). The molecule has 2 rings (SSSR count). The van der Waals surface area contributed by atoms with Crippen molar-refractivity contribution in [2.24, 2.45) is 0 Å². The molecule has 0 aliphatic heterocycles. The molecular weight excluding hydrogens is 228 g/mol. The first-order chi connectivity index (χ1) is 8.54. The van der Waals surface area contributed by atoms with Crippen molar-refractivity contribution in [2.75, 3.05) is 23.7 Å². The molecule has 18 heavy (non-hydrogen) atoms. The van der Waals surface area contributed by atoms with Gasteiger partial charge in [0.25, 0.3) is 0 Å². The van der Waals surface area contributed by atoms with Gasteiger partial charge in [0.05, 0.1) is 5.60 Å². The summed E-state index contributed by atoms with van der Waals surface area (Å²) in [4.78, 5) is 8.78. The van der Waals surface area contributed by atoms with E-state index in [1.54, 1.807) is 0 Å². The van der Waals surface area contributed by atoms with E-state index in [4.69, 9.17) is 0 Å². The molecule has 1 aromatic heterocycles. The van der Waals surface area contributed by atoms with Crippen LogP contribution in [0.25, 0.3) is 0 Å². The Labute approximate surface area is 108 Å². The number of hydrogen-bond donors (Lipinski definition) is 3. The molecule has 5 nitrogen and oxygen atoms in total. The second kappa shape index (κ2) is 5.10. The quantitative estimate of drug-likeness (QED) is 0.744. The van der Waals surface area contributed by atoms with E-state index < -0.39 is 5.60 Å². The van der Waals surface area contributed by atoms with Gasteiger partial charge < -0.3 is 15.7 Å². The minimum Gasteiger partial charge on any atom is -0.388 e. The van der Waals surface area contributed by atoms with Gasteiger partial charge in [-0.05, 0) is 40.0 Å². The van der Waals surface area contributed by atoms with Crippen LogP contribution in [-0.2, 0) is 0 Å². The summed E-state index contributed by atoms with van der Waals surface area (Å²) in [6.07, 6.45) is 2.87. The maximum absolute atomic E-state index is 10.1. The van der Waals surface area contributed by atoms with Crippen molar-refractivity contribution in [1.82, 2.24) is 9.97 Å². The molecule has 0 bridgehead atoms. The second-order valence-corrected chi connectivity index (χ2v) is 5.05.